The fraction of sp³-hybridized carbons (Fsp3) is 0.450. The highest BCUT2D eigenvalue weighted by Crippen LogP contribution is 2.61. The fourth-order valence-electron chi connectivity index (χ4n) is 5.63. The van der Waals surface area contributed by atoms with Crippen LogP contribution >= 0.6 is 22.6 Å². The molecular weight excluding hydrogens is 427 g/mol. The molecule has 0 saturated carbocycles. The van der Waals surface area contributed by atoms with E-state index in [0.29, 0.717) is 6.04 Å². The second-order valence-corrected chi connectivity index (χ2v) is 8.70. The van der Waals surface area contributed by atoms with Crippen molar-refractivity contribution in [1.82, 2.24) is 4.90 Å². The van der Waals surface area contributed by atoms with Gasteiger partial charge in [0.2, 0.25) is 0 Å². The van der Waals surface area contributed by atoms with Crippen LogP contribution in [0, 0.1) is 9.49 Å². The number of rotatable bonds is 1. The van der Waals surface area contributed by atoms with Crippen LogP contribution in [0.2, 0.25) is 0 Å². The van der Waals surface area contributed by atoms with Gasteiger partial charge < -0.3 is 10.1 Å². The molecule has 2 saturated heterocycles. The quantitative estimate of drug-likeness (QED) is 0.406. The summed E-state index contributed by atoms with van der Waals surface area (Å²) in [4.78, 5) is 15.4. The third-order valence-corrected chi connectivity index (χ3v) is 7.33. The SMILES string of the molecule is C/C=C1/CN2CC[C@]34C(=C(C(=O)OC)C1C[C@H]23)Nc1ccc(I)cc14. The summed E-state index contributed by atoms with van der Waals surface area (Å²) in [5.41, 5.74) is 5.78. The number of fused-ring (bicyclic) bond motifs is 2. The largest absolute Gasteiger partial charge is 0.466 e. The van der Waals surface area contributed by atoms with Gasteiger partial charge in [0, 0.05) is 40.0 Å². The highest BCUT2D eigenvalue weighted by Gasteiger charge is 2.62. The third kappa shape index (κ3) is 1.88. The van der Waals surface area contributed by atoms with Gasteiger partial charge >= 0.3 is 5.97 Å². The minimum atomic E-state index is -0.174. The second-order valence-electron chi connectivity index (χ2n) is 7.45. The maximum Gasteiger partial charge on any atom is 0.336 e. The zero-order chi connectivity index (χ0) is 17.3. The molecule has 1 aromatic carbocycles. The van der Waals surface area contributed by atoms with E-state index in [1.54, 1.807) is 0 Å². The van der Waals surface area contributed by atoms with Crippen LogP contribution in [0.25, 0.3) is 0 Å². The number of piperidine rings is 1. The van der Waals surface area contributed by atoms with Crippen LogP contribution in [0.4, 0.5) is 5.69 Å². The van der Waals surface area contributed by atoms with E-state index in [1.807, 2.05) is 0 Å². The number of nitrogens with zero attached hydrogens (tertiary/aromatic N) is 1. The second kappa shape index (κ2) is 5.33. The lowest BCUT2D eigenvalue weighted by molar-refractivity contribution is -0.137. The Bertz CT molecular complexity index is 859. The highest BCUT2D eigenvalue weighted by atomic mass is 127. The molecule has 2 fully saturated rings. The number of hydrogen-bond acceptors (Lipinski definition) is 4. The molecular formula is C20H21IN2O2. The first-order valence-corrected chi connectivity index (χ1v) is 9.97. The number of methoxy groups -OCH3 is 1. The smallest absolute Gasteiger partial charge is 0.336 e. The number of anilines is 1. The Morgan fingerprint density at radius 1 is 1.48 bits per heavy atom. The van der Waals surface area contributed by atoms with Crippen molar-refractivity contribution in [2.45, 2.75) is 31.2 Å². The van der Waals surface area contributed by atoms with Gasteiger partial charge in [0.25, 0.3) is 0 Å². The van der Waals surface area contributed by atoms with E-state index in [-0.39, 0.29) is 17.3 Å². The van der Waals surface area contributed by atoms with Gasteiger partial charge in [-0.25, -0.2) is 4.79 Å². The number of carbonyl (C=O) groups is 1. The van der Waals surface area contributed by atoms with Gasteiger partial charge in [-0.15, -0.1) is 0 Å². The number of nitrogens with one attached hydrogen (secondary N) is 1. The molecule has 1 spiro atoms. The standard InChI is InChI=1S/C20H21IN2O2/c1-3-11-10-23-7-6-20-14-8-12(21)4-5-15(14)22-18(20)17(19(24)25-2)13(11)9-16(20)23/h3-5,8,13,16,22H,6-7,9-10H2,1-2H3/b11-3-/t13?,16-,20+/m0/s1. The van der Waals surface area contributed by atoms with E-state index < -0.39 is 0 Å². The number of hydrogen-bond donors (Lipinski definition) is 1. The minimum absolute atomic E-state index is 0.0736. The molecule has 5 heteroatoms. The van der Waals surface area contributed by atoms with Crippen molar-refractivity contribution in [3.63, 3.8) is 0 Å². The van der Waals surface area contributed by atoms with Crippen LogP contribution in [0.1, 0.15) is 25.3 Å². The summed E-state index contributed by atoms with van der Waals surface area (Å²) in [6.07, 6.45) is 4.28. The number of benzene rings is 1. The lowest BCUT2D eigenvalue weighted by Gasteiger charge is -2.48. The number of allylic oxidation sites excluding steroid dienone is 1. The minimum Gasteiger partial charge on any atom is -0.466 e. The summed E-state index contributed by atoms with van der Waals surface area (Å²) in [7, 11) is 1.50. The zero-order valence-corrected chi connectivity index (χ0v) is 16.6. The van der Waals surface area contributed by atoms with E-state index >= 15 is 0 Å². The van der Waals surface area contributed by atoms with E-state index in [9.17, 15) is 4.79 Å². The molecule has 4 aliphatic rings. The monoisotopic (exact) mass is 448 g/mol. The van der Waals surface area contributed by atoms with E-state index in [2.05, 4.69) is 64.0 Å². The van der Waals surface area contributed by atoms with Crippen LogP contribution in [-0.2, 0) is 14.9 Å². The first kappa shape index (κ1) is 15.9. The Morgan fingerprint density at radius 3 is 3.08 bits per heavy atom. The predicted octanol–water partition coefficient (Wildman–Crippen LogP) is 3.44. The van der Waals surface area contributed by atoms with E-state index in [4.69, 9.17) is 4.74 Å². The molecule has 1 aliphatic carbocycles. The van der Waals surface area contributed by atoms with Gasteiger partial charge in [0.1, 0.15) is 0 Å². The molecule has 3 aliphatic heterocycles. The Kier molecular flexibility index (Phi) is 3.39. The highest BCUT2D eigenvalue weighted by molar-refractivity contribution is 14.1. The molecule has 3 heterocycles. The van der Waals surface area contributed by atoms with E-state index in [0.717, 1.165) is 42.9 Å². The van der Waals surface area contributed by atoms with Crippen molar-refractivity contribution in [2.75, 3.05) is 25.5 Å². The van der Waals surface area contributed by atoms with Crippen LogP contribution < -0.4 is 5.32 Å². The average molecular weight is 448 g/mol. The summed E-state index contributed by atoms with van der Waals surface area (Å²) in [6.45, 7) is 4.15. The summed E-state index contributed by atoms with van der Waals surface area (Å²) >= 11 is 2.39. The van der Waals surface area contributed by atoms with Gasteiger partial charge in [-0.2, -0.15) is 0 Å². The number of ether oxygens (including phenoxy) is 1. The van der Waals surface area contributed by atoms with Gasteiger partial charge in [-0.1, -0.05) is 11.6 Å². The first-order chi connectivity index (χ1) is 12.1. The molecule has 130 valence electrons. The molecule has 4 nitrogen and oxygen atoms in total. The molecule has 0 aromatic heterocycles. The Balaban J connectivity index is 1.82. The van der Waals surface area contributed by atoms with Crippen molar-refractivity contribution in [3.05, 3.63) is 50.3 Å². The topological polar surface area (TPSA) is 41.6 Å². The summed E-state index contributed by atoms with van der Waals surface area (Å²) in [5.74, 6) is 0.00772. The van der Waals surface area contributed by atoms with Crippen molar-refractivity contribution in [1.29, 1.82) is 0 Å². The fourth-order valence-corrected chi connectivity index (χ4v) is 6.12. The normalized spacial score (nSPS) is 34.0. The maximum absolute atomic E-state index is 12.8. The first-order valence-electron chi connectivity index (χ1n) is 8.89. The van der Waals surface area contributed by atoms with Crippen molar-refractivity contribution in [3.8, 4) is 0 Å². The molecule has 1 unspecified atom stereocenters. The molecule has 25 heavy (non-hydrogen) atoms. The molecule has 1 aromatic rings. The molecule has 3 atom stereocenters. The van der Waals surface area contributed by atoms with Crippen molar-refractivity contribution >= 4 is 34.2 Å². The molecule has 5 rings (SSSR count). The number of esters is 1. The van der Waals surface area contributed by atoms with Gasteiger partial charge in [-0.3, -0.25) is 4.90 Å². The van der Waals surface area contributed by atoms with Crippen molar-refractivity contribution in [2.24, 2.45) is 5.92 Å². The molecule has 0 amide bonds. The lowest BCUT2D eigenvalue weighted by atomic mass is 9.62. The lowest BCUT2D eigenvalue weighted by Crippen LogP contribution is -2.53. The molecule has 1 N–H and O–H groups in total. The van der Waals surface area contributed by atoms with Gasteiger partial charge in [0.05, 0.1) is 18.1 Å². The van der Waals surface area contributed by atoms with Crippen LogP contribution in [0.15, 0.2) is 41.1 Å². The Labute approximate surface area is 161 Å². The van der Waals surface area contributed by atoms with Gasteiger partial charge in [-0.05, 0) is 66.1 Å². The average Bonchev–Trinajstić information content (AvgIpc) is 3.17. The summed E-state index contributed by atoms with van der Waals surface area (Å²) < 4.78 is 6.48. The maximum atomic E-state index is 12.8. The van der Waals surface area contributed by atoms with Crippen molar-refractivity contribution < 1.29 is 9.53 Å². The number of halogens is 1. The van der Waals surface area contributed by atoms with Crippen LogP contribution in [0.3, 0.4) is 0 Å². The Hall–Kier alpha value is -1.34. The van der Waals surface area contributed by atoms with E-state index in [1.165, 1.54) is 21.8 Å². The number of carbonyl (C=O) groups excluding carboxylic acids is 1. The summed E-state index contributed by atoms with van der Waals surface area (Å²) in [5, 5.41) is 3.64. The zero-order valence-electron chi connectivity index (χ0n) is 14.4. The summed E-state index contributed by atoms with van der Waals surface area (Å²) in [6, 6.07) is 7.07. The predicted molar refractivity (Wildman–Crippen MR) is 105 cm³/mol. The Morgan fingerprint density at radius 2 is 2.32 bits per heavy atom. The molecule has 0 radical (unpaired) electrons. The van der Waals surface area contributed by atoms with Crippen LogP contribution in [0.5, 0.6) is 0 Å². The molecule has 2 bridgehead atoms. The van der Waals surface area contributed by atoms with Gasteiger partial charge in [0.15, 0.2) is 0 Å². The third-order valence-electron chi connectivity index (χ3n) is 6.66. The van der Waals surface area contributed by atoms with Crippen LogP contribution in [-0.4, -0.2) is 37.1 Å².